The Balaban J connectivity index is 1.69. The molecule has 0 radical (unpaired) electrons. The highest BCUT2D eigenvalue weighted by molar-refractivity contribution is 6.35. The first-order chi connectivity index (χ1) is 11.1. The largest absolute Gasteiger partial charge is 0.497 e. The van der Waals surface area contributed by atoms with Crippen LogP contribution in [0.2, 0.25) is 10.0 Å². The number of aromatic nitrogens is 2. The van der Waals surface area contributed by atoms with Crippen molar-refractivity contribution in [1.82, 2.24) is 10.2 Å². The summed E-state index contributed by atoms with van der Waals surface area (Å²) in [7, 11) is 1.62. The number of rotatable bonds is 5. The Hall–Kier alpha value is -2.24. The quantitative estimate of drug-likeness (QED) is 0.725. The zero-order valence-electron chi connectivity index (χ0n) is 12.2. The molecule has 7 heteroatoms. The summed E-state index contributed by atoms with van der Waals surface area (Å²) in [6.45, 7) is 0.375. The molecule has 0 fully saturated rings. The summed E-state index contributed by atoms with van der Waals surface area (Å²) in [4.78, 5) is 0. The number of halogens is 2. The normalized spacial score (nSPS) is 10.6. The molecule has 1 aromatic heterocycles. The fourth-order valence-corrected chi connectivity index (χ4v) is 2.53. The van der Waals surface area contributed by atoms with Crippen LogP contribution in [-0.4, -0.2) is 17.3 Å². The summed E-state index contributed by atoms with van der Waals surface area (Å²) >= 11 is 11.9. The molecule has 0 unspecified atom stereocenters. The van der Waals surface area contributed by atoms with Gasteiger partial charge in [-0.1, -0.05) is 23.2 Å². The van der Waals surface area contributed by atoms with Gasteiger partial charge in [0.15, 0.2) is 0 Å². The van der Waals surface area contributed by atoms with Gasteiger partial charge in [0.05, 0.1) is 13.7 Å². The maximum absolute atomic E-state index is 5.95. The Bertz CT molecular complexity index is 783. The zero-order valence-corrected chi connectivity index (χ0v) is 13.7. The van der Waals surface area contributed by atoms with Crippen molar-refractivity contribution < 1.29 is 9.15 Å². The van der Waals surface area contributed by atoms with Gasteiger partial charge in [-0.15, -0.1) is 10.2 Å². The third kappa shape index (κ3) is 3.94. The second-order valence-electron chi connectivity index (χ2n) is 4.74. The number of anilines is 1. The predicted molar refractivity (Wildman–Crippen MR) is 90.1 cm³/mol. The topological polar surface area (TPSA) is 60.2 Å². The van der Waals surface area contributed by atoms with Crippen molar-refractivity contribution in [3.63, 3.8) is 0 Å². The smallest absolute Gasteiger partial charge is 0.247 e. The number of benzene rings is 2. The Morgan fingerprint density at radius 2 is 1.74 bits per heavy atom. The van der Waals surface area contributed by atoms with Crippen LogP contribution in [0.4, 0.5) is 5.69 Å². The Morgan fingerprint density at radius 1 is 1.04 bits per heavy atom. The minimum atomic E-state index is 0.375. The van der Waals surface area contributed by atoms with Crippen LogP contribution in [-0.2, 0) is 6.54 Å². The summed E-state index contributed by atoms with van der Waals surface area (Å²) in [6.07, 6.45) is 0. The monoisotopic (exact) mass is 349 g/mol. The van der Waals surface area contributed by atoms with Gasteiger partial charge in [0.1, 0.15) is 5.75 Å². The van der Waals surface area contributed by atoms with Crippen LogP contribution in [0.1, 0.15) is 5.89 Å². The van der Waals surface area contributed by atoms with Gasteiger partial charge >= 0.3 is 0 Å². The molecular weight excluding hydrogens is 337 g/mol. The first kappa shape index (κ1) is 15.6. The predicted octanol–water partition coefficient (Wildman–Crippen LogP) is 4.66. The van der Waals surface area contributed by atoms with Gasteiger partial charge in [0, 0.05) is 21.3 Å². The first-order valence-electron chi connectivity index (χ1n) is 6.81. The maximum atomic E-state index is 5.95. The molecular formula is C16H13Cl2N3O2. The minimum Gasteiger partial charge on any atom is -0.497 e. The van der Waals surface area contributed by atoms with Crippen LogP contribution in [0.5, 0.6) is 5.75 Å². The highest BCUT2D eigenvalue weighted by Crippen LogP contribution is 2.24. The number of nitrogens with one attached hydrogen (secondary N) is 1. The van der Waals surface area contributed by atoms with Gasteiger partial charge in [-0.2, -0.15) is 0 Å². The first-order valence-corrected chi connectivity index (χ1v) is 7.56. The third-order valence-corrected chi connectivity index (χ3v) is 3.55. The average molecular weight is 350 g/mol. The molecule has 0 saturated carbocycles. The van der Waals surface area contributed by atoms with Crippen molar-refractivity contribution in [3.05, 3.63) is 58.4 Å². The minimum absolute atomic E-state index is 0.375. The SMILES string of the molecule is COc1ccc(-c2nnc(CNc3cc(Cl)cc(Cl)c3)o2)cc1. The molecule has 2 aromatic carbocycles. The summed E-state index contributed by atoms with van der Waals surface area (Å²) in [6, 6.07) is 12.6. The van der Waals surface area contributed by atoms with Gasteiger partial charge in [-0.05, 0) is 42.5 Å². The fraction of sp³-hybridized carbons (Fsp3) is 0.125. The molecule has 1 N–H and O–H groups in total. The molecule has 0 aliphatic carbocycles. The summed E-state index contributed by atoms with van der Waals surface area (Å²) in [5, 5.41) is 12.3. The van der Waals surface area contributed by atoms with E-state index in [1.807, 2.05) is 24.3 Å². The molecule has 0 atom stereocenters. The van der Waals surface area contributed by atoms with Crippen molar-refractivity contribution in [3.8, 4) is 17.2 Å². The second kappa shape index (κ2) is 6.89. The Kier molecular flexibility index (Phi) is 4.69. The number of hydrogen-bond acceptors (Lipinski definition) is 5. The van der Waals surface area contributed by atoms with E-state index in [2.05, 4.69) is 15.5 Å². The van der Waals surface area contributed by atoms with E-state index in [0.717, 1.165) is 17.0 Å². The van der Waals surface area contributed by atoms with Gasteiger partial charge in [-0.3, -0.25) is 0 Å². The number of hydrogen-bond donors (Lipinski definition) is 1. The lowest BCUT2D eigenvalue weighted by Gasteiger charge is -2.04. The molecule has 0 spiro atoms. The molecule has 5 nitrogen and oxygen atoms in total. The lowest BCUT2D eigenvalue weighted by molar-refractivity contribution is 0.415. The van der Waals surface area contributed by atoms with Crippen molar-refractivity contribution in [1.29, 1.82) is 0 Å². The van der Waals surface area contributed by atoms with E-state index >= 15 is 0 Å². The Morgan fingerprint density at radius 3 is 2.39 bits per heavy atom. The van der Waals surface area contributed by atoms with Crippen molar-refractivity contribution in [2.24, 2.45) is 0 Å². The van der Waals surface area contributed by atoms with Gasteiger partial charge in [0.25, 0.3) is 0 Å². The molecule has 3 rings (SSSR count). The van der Waals surface area contributed by atoms with E-state index in [-0.39, 0.29) is 0 Å². The molecule has 23 heavy (non-hydrogen) atoms. The number of nitrogens with zero attached hydrogens (tertiary/aromatic N) is 2. The number of methoxy groups -OCH3 is 1. The lowest BCUT2D eigenvalue weighted by atomic mass is 10.2. The van der Waals surface area contributed by atoms with Crippen molar-refractivity contribution in [2.75, 3.05) is 12.4 Å². The van der Waals surface area contributed by atoms with Crippen LogP contribution >= 0.6 is 23.2 Å². The fourth-order valence-electron chi connectivity index (χ4n) is 2.01. The van der Waals surface area contributed by atoms with Gasteiger partial charge in [-0.25, -0.2) is 0 Å². The van der Waals surface area contributed by atoms with E-state index in [1.54, 1.807) is 25.3 Å². The average Bonchev–Trinajstić information content (AvgIpc) is 3.01. The molecule has 118 valence electrons. The second-order valence-corrected chi connectivity index (χ2v) is 5.61. The molecule has 1 heterocycles. The van der Waals surface area contributed by atoms with Gasteiger partial charge in [0.2, 0.25) is 11.8 Å². The molecule has 0 bridgehead atoms. The number of ether oxygens (including phenoxy) is 1. The summed E-state index contributed by atoms with van der Waals surface area (Å²) in [5.41, 5.74) is 1.61. The van der Waals surface area contributed by atoms with Crippen LogP contribution in [0.15, 0.2) is 46.9 Å². The molecule has 0 saturated heterocycles. The highest BCUT2D eigenvalue weighted by atomic mass is 35.5. The lowest BCUT2D eigenvalue weighted by Crippen LogP contribution is -1.99. The maximum Gasteiger partial charge on any atom is 0.247 e. The summed E-state index contributed by atoms with van der Waals surface area (Å²) in [5.74, 6) is 1.69. The van der Waals surface area contributed by atoms with E-state index in [1.165, 1.54) is 0 Å². The Labute approximate surface area is 143 Å². The molecule has 0 amide bonds. The van der Waals surface area contributed by atoms with Crippen LogP contribution in [0, 0.1) is 0 Å². The highest BCUT2D eigenvalue weighted by Gasteiger charge is 2.09. The van der Waals surface area contributed by atoms with Gasteiger partial charge < -0.3 is 14.5 Å². The van der Waals surface area contributed by atoms with E-state index in [4.69, 9.17) is 32.4 Å². The standard InChI is InChI=1S/C16H13Cl2N3O2/c1-22-14-4-2-10(3-5-14)16-21-20-15(23-16)9-19-13-7-11(17)6-12(18)8-13/h2-8,19H,9H2,1H3. The third-order valence-electron chi connectivity index (χ3n) is 3.11. The van der Waals surface area contributed by atoms with E-state index < -0.39 is 0 Å². The van der Waals surface area contributed by atoms with E-state index in [0.29, 0.717) is 28.4 Å². The molecule has 0 aliphatic rings. The van der Waals surface area contributed by atoms with Crippen LogP contribution in [0.3, 0.4) is 0 Å². The zero-order chi connectivity index (χ0) is 16.2. The molecule has 0 aliphatic heterocycles. The van der Waals surface area contributed by atoms with Crippen LogP contribution < -0.4 is 10.1 Å². The van der Waals surface area contributed by atoms with Crippen molar-refractivity contribution >= 4 is 28.9 Å². The van der Waals surface area contributed by atoms with E-state index in [9.17, 15) is 0 Å². The summed E-state index contributed by atoms with van der Waals surface area (Å²) < 4.78 is 10.8. The van der Waals surface area contributed by atoms with Crippen LogP contribution in [0.25, 0.3) is 11.5 Å². The van der Waals surface area contributed by atoms with Crippen molar-refractivity contribution in [2.45, 2.75) is 6.54 Å². The molecule has 3 aromatic rings.